The first kappa shape index (κ1) is 21.4. The predicted octanol–water partition coefficient (Wildman–Crippen LogP) is 5.25. The van der Waals surface area contributed by atoms with Crippen LogP contribution < -0.4 is 16.0 Å². The monoisotopic (exact) mass is 427 g/mol. The van der Waals surface area contributed by atoms with E-state index in [0.717, 1.165) is 41.8 Å². The Balaban J connectivity index is 1.08. The van der Waals surface area contributed by atoms with Crippen molar-refractivity contribution in [1.82, 2.24) is 16.0 Å². The molecular formula is C28H49N3. The molecule has 0 aromatic carbocycles. The minimum atomic E-state index is 0.591. The largest absolute Gasteiger partial charge is 0.313 e. The van der Waals surface area contributed by atoms with Gasteiger partial charge in [-0.2, -0.15) is 0 Å². The van der Waals surface area contributed by atoms with Crippen molar-refractivity contribution < 1.29 is 0 Å². The number of hydrogen-bond acceptors (Lipinski definition) is 3. The minimum absolute atomic E-state index is 0.591. The summed E-state index contributed by atoms with van der Waals surface area (Å²) in [6.45, 7) is 7.65. The molecule has 3 saturated heterocycles. The van der Waals surface area contributed by atoms with Crippen molar-refractivity contribution in [3.8, 4) is 0 Å². The van der Waals surface area contributed by atoms with Crippen LogP contribution in [0.1, 0.15) is 104 Å². The van der Waals surface area contributed by atoms with Crippen LogP contribution in [-0.2, 0) is 0 Å². The first-order valence-corrected chi connectivity index (χ1v) is 14.3. The van der Waals surface area contributed by atoms with Crippen LogP contribution in [0.15, 0.2) is 0 Å². The number of nitrogens with one attached hydrogen (secondary N) is 3. The van der Waals surface area contributed by atoms with E-state index < -0.39 is 0 Å². The summed E-state index contributed by atoms with van der Waals surface area (Å²) in [7, 11) is 0. The lowest BCUT2D eigenvalue weighted by Crippen LogP contribution is -2.57. The zero-order valence-electron chi connectivity index (χ0n) is 20.4. The molecule has 0 radical (unpaired) electrons. The minimum Gasteiger partial charge on any atom is -0.313 e. The van der Waals surface area contributed by atoms with E-state index in [9.17, 15) is 0 Å². The number of fused-ring (bicyclic) bond motifs is 1. The Bertz CT molecular complexity index is 642. The van der Waals surface area contributed by atoms with Gasteiger partial charge in [-0.25, -0.2) is 0 Å². The fourth-order valence-corrected chi connectivity index (χ4v) is 9.71. The Morgan fingerprint density at radius 1 is 0.677 bits per heavy atom. The van der Waals surface area contributed by atoms with Crippen molar-refractivity contribution in [3.63, 3.8) is 0 Å². The van der Waals surface area contributed by atoms with Gasteiger partial charge in [0.2, 0.25) is 0 Å². The van der Waals surface area contributed by atoms with Gasteiger partial charge in [-0.1, -0.05) is 25.7 Å². The highest BCUT2D eigenvalue weighted by atomic mass is 15.0. The van der Waals surface area contributed by atoms with Crippen LogP contribution in [0.5, 0.6) is 0 Å². The van der Waals surface area contributed by atoms with Gasteiger partial charge in [0.25, 0.3) is 0 Å². The Morgan fingerprint density at radius 3 is 2.16 bits per heavy atom. The highest BCUT2D eigenvalue weighted by molar-refractivity contribution is 5.05. The second-order valence-corrected chi connectivity index (χ2v) is 13.3. The fourth-order valence-electron chi connectivity index (χ4n) is 9.71. The standard InChI is InChI=1S/C28H49N3/c1-19-27(10-3-4-11-27)16-23(18-29-19)21-6-5-12-28(15-21)13-9-24(31-20(28)2)14-26-25-8-7-22(25)17-30-26/h19-26,29-31H,3-18H2,1-2H3. The van der Waals surface area contributed by atoms with Crippen LogP contribution in [0.2, 0.25) is 0 Å². The molecule has 0 bridgehead atoms. The molecule has 9 atom stereocenters. The summed E-state index contributed by atoms with van der Waals surface area (Å²) in [6.07, 6.45) is 20.7. The van der Waals surface area contributed by atoms with Crippen LogP contribution in [0.3, 0.4) is 0 Å². The zero-order valence-corrected chi connectivity index (χ0v) is 20.4. The third kappa shape index (κ3) is 3.73. The molecule has 3 heterocycles. The molecule has 6 rings (SSSR count). The molecule has 0 aromatic heterocycles. The van der Waals surface area contributed by atoms with Gasteiger partial charge in [0.1, 0.15) is 0 Å². The van der Waals surface area contributed by atoms with E-state index in [1.165, 1.54) is 103 Å². The summed E-state index contributed by atoms with van der Waals surface area (Å²) < 4.78 is 0. The topological polar surface area (TPSA) is 36.1 Å². The summed E-state index contributed by atoms with van der Waals surface area (Å²) in [6, 6.07) is 3.04. The lowest BCUT2D eigenvalue weighted by Gasteiger charge is -2.54. The van der Waals surface area contributed by atoms with Gasteiger partial charge in [-0.15, -0.1) is 0 Å². The summed E-state index contributed by atoms with van der Waals surface area (Å²) in [4.78, 5) is 0. The van der Waals surface area contributed by atoms with Gasteiger partial charge >= 0.3 is 0 Å². The van der Waals surface area contributed by atoms with E-state index in [4.69, 9.17) is 0 Å². The molecule has 3 nitrogen and oxygen atoms in total. The fraction of sp³-hybridized carbons (Fsp3) is 1.00. The van der Waals surface area contributed by atoms with Crippen molar-refractivity contribution in [2.75, 3.05) is 13.1 Å². The molecule has 176 valence electrons. The lowest BCUT2D eigenvalue weighted by molar-refractivity contribution is -0.00123. The van der Waals surface area contributed by atoms with E-state index in [2.05, 4.69) is 29.8 Å². The SMILES string of the molecule is CC1NCC(C2CCCC3(CCC(CC4NCC5CCC54)NC3C)C2)CC12CCCC2. The van der Waals surface area contributed by atoms with Crippen LogP contribution in [0.25, 0.3) is 0 Å². The maximum absolute atomic E-state index is 4.19. The quantitative estimate of drug-likeness (QED) is 0.576. The number of hydrogen-bond donors (Lipinski definition) is 3. The van der Waals surface area contributed by atoms with Gasteiger partial charge in [0, 0.05) is 24.2 Å². The summed E-state index contributed by atoms with van der Waals surface area (Å²) in [5, 5.41) is 12.1. The molecule has 2 spiro atoms. The molecule has 0 aromatic rings. The first-order valence-electron chi connectivity index (χ1n) is 14.3. The zero-order chi connectivity index (χ0) is 21.1. The average molecular weight is 428 g/mol. The van der Waals surface area contributed by atoms with Gasteiger partial charge in [-0.05, 0) is 126 Å². The van der Waals surface area contributed by atoms with Crippen molar-refractivity contribution in [1.29, 1.82) is 0 Å². The highest BCUT2D eigenvalue weighted by Crippen LogP contribution is 2.54. The summed E-state index contributed by atoms with van der Waals surface area (Å²) in [5.41, 5.74) is 1.23. The Labute approximate surface area is 191 Å². The summed E-state index contributed by atoms with van der Waals surface area (Å²) in [5.74, 6) is 3.94. The molecule has 31 heavy (non-hydrogen) atoms. The van der Waals surface area contributed by atoms with Gasteiger partial charge in [0.15, 0.2) is 0 Å². The highest BCUT2D eigenvalue weighted by Gasteiger charge is 2.50. The van der Waals surface area contributed by atoms with E-state index in [-0.39, 0.29) is 0 Å². The Hall–Kier alpha value is -0.120. The Morgan fingerprint density at radius 2 is 1.42 bits per heavy atom. The van der Waals surface area contributed by atoms with Crippen LogP contribution in [0.4, 0.5) is 0 Å². The smallest absolute Gasteiger partial charge is 0.0113 e. The van der Waals surface area contributed by atoms with Gasteiger partial charge < -0.3 is 16.0 Å². The van der Waals surface area contributed by atoms with Crippen LogP contribution in [0, 0.1) is 34.5 Å². The molecule has 3 aliphatic heterocycles. The van der Waals surface area contributed by atoms with E-state index in [0.29, 0.717) is 16.9 Å². The molecule has 3 N–H and O–H groups in total. The summed E-state index contributed by atoms with van der Waals surface area (Å²) >= 11 is 0. The number of piperidine rings is 2. The molecule has 3 aliphatic carbocycles. The molecule has 6 fully saturated rings. The van der Waals surface area contributed by atoms with E-state index in [1.54, 1.807) is 0 Å². The number of rotatable bonds is 3. The molecule has 0 amide bonds. The molecule has 9 unspecified atom stereocenters. The van der Waals surface area contributed by atoms with Crippen molar-refractivity contribution in [2.24, 2.45) is 34.5 Å². The predicted molar refractivity (Wildman–Crippen MR) is 129 cm³/mol. The van der Waals surface area contributed by atoms with Crippen LogP contribution in [-0.4, -0.2) is 37.3 Å². The van der Waals surface area contributed by atoms with Crippen molar-refractivity contribution in [2.45, 2.75) is 128 Å². The van der Waals surface area contributed by atoms with Gasteiger partial charge in [-0.3, -0.25) is 0 Å². The average Bonchev–Trinajstić information content (AvgIpc) is 3.32. The molecule has 3 saturated carbocycles. The third-order valence-electron chi connectivity index (χ3n) is 12.0. The van der Waals surface area contributed by atoms with Crippen molar-refractivity contribution >= 4 is 0 Å². The first-order chi connectivity index (χ1) is 15.1. The Kier molecular flexibility index (Phi) is 5.72. The second kappa shape index (κ2) is 8.27. The second-order valence-electron chi connectivity index (χ2n) is 13.3. The molecular weight excluding hydrogens is 378 g/mol. The van der Waals surface area contributed by atoms with E-state index >= 15 is 0 Å². The van der Waals surface area contributed by atoms with Gasteiger partial charge in [0.05, 0.1) is 0 Å². The maximum Gasteiger partial charge on any atom is 0.0113 e. The lowest BCUT2D eigenvalue weighted by atomic mass is 9.57. The van der Waals surface area contributed by atoms with Crippen molar-refractivity contribution in [3.05, 3.63) is 0 Å². The third-order valence-corrected chi connectivity index (χ3v) is 12.0. The maximum atomic E-state index is 4.19. The molecule has 3 heteroatoms. The van der Waals surface area contributed by atoms with E-state index in [1.807, 2.05) is 0 Å². The molecule has 6 aliphatic rings. The van der Waals surface area contributed by atoms with Crippen LogP contribution >= 0.6 is 0 Å². The normalized spacial score (nSPS) is 51.7.